The van der Waals surface area contributed by atoms with Crippen molar-refractivity contribution < 1.29 is 4.42 Å². The van der Waals surface area contributed by atoms with E-state index in [2.05, 4.69) is 22.8 Å². The van der Waals surface area contributed by atoms with Gasteiger partial charge in [-0.2, -0.15) is 0 Å². The number of rotatable bonds is 4. The van der Waals surface area contributed by atoms with Crippen molar-refractivity contribution in [3.05, 3.63) is 66.4 Å². The zero-order chi connectivity index (χ0) is 14.5. The number of furan rings is 1. The van der Waals surface area contributed by atoms with Crippen molar-refractivity contribution in [2.75, 3.05) is 11.9 Å². The molecule has 0 aliphatic carbocycles. The largest absolute Gasteiger partial charge is 0.461 e. The molecule has 3 rings (SSSR count). The highest BCUT2D eigenvalue weighted by atomic mass is 32.1. The molecule has 0 bridgehead atoms. The van der Waals surface area contributed by atoms with Crippen molar-refractivity contribution in [1.29, 1.82) is 0 Å². The van der Waals surface area contributed by atoms with Gasteiger partial charge in [-0.25, -0.2) is 0 Å². The summed E-state index contributed by atoms with van der Waals surface area (Å²) in [5.41, 5.74) is 1.91. The molecule has 0 fully saturated rings. The highest BCUT2D eigenvalue weighted by Gasteiger charge is 2.03. The molecule has 2 aromatic carbocycles. The van der Waals surface area contributed by atoms with Gasteiger partial charge >= 0.3 is 0 Å². The first kappa shape index (κ1) is 13.6. The summed E-state index contributed by atoms with van der Waals surface area (Å²) >= 11 is 5.26. The minimum atomic E-state index is 0.623. The summed E-state index contributed by atoms with van der Waals surface area (Å²) in [4.78, 5) is 0. The van der Waals surface area contributed by atoms with E-state index in [1.54, 1.807) is 0 Å². The normalized spacial score (nSPS) is 10.5. The molecule has 1 heterocycles. The summed E-state index contributed by atoms with van der Waals surface area (Å²) in [5, 5.41) is 8.09. The standard InChI is InChI=1S/C17H16N2OS/c21-17(19-14-7-2-1-3-8-14)18-11-10-15-12-13-6-4-5-9-16(13)20-15/h1-9,12H,10-11H2,(H2,18,19,21). The van der Waals surface area contributed by atoms with Gasteiger partial charge in [0.15, 0.2) is 5.11 Å². The van der Waals surface area contributed by atoms with Crippen LogP contribution in [0.15, 0.2) is 65.1 Å². The Morgan fingerprint density at radius 3 is 2.57 bits per heavy atom. The van der Waals surface area contributed by atoms with Gasteiger partial charge in [-0.15, -0.1) is 0 Å². The van der Waals surface area contributed by atoms with Gasteiger partial charge in [-0.3, -0.25) is 0 Å². The number of benzene rings is 2. The van der Waals surface area contributed by atoms with Crippen LogP contribution in [-0.2, 0) is 6.42 Å². The van der Waals surface area contributed by atoms with Crippen LogP contribution in [0.2, 0.25) is 0 Å². The lowest BCUT2D eigenvalue weighted by Gasteiger charge is -2.09. The molecule has 0 amide bonds. The van der Waals surface area contributed by atoms with E-state index in [1.807, 2.05) is 48.5 Å². The zero-order valence-corrected chi connectivity index (χ0v) is 12.3. The van der Waals surface area contributed by atoms with Crippen molar-refractivity contribution in [3.63, 3.8) is 0 Å². The third-order valence-electron chi connectivity index (χ3n) is 3.17. The zero-order valence-electron chi connectivity index (χ0n) is 11.5. The van der Waals surface area contributed by atoms with Crippen molar-refractivity contribution in [2.45, 2.75) is 6.42 Å². The van der Waals surface area contributed by atoms with E-state index in [-0.39, 0.29) is 0 Å². The number of hydrogen-bond acceptors (Lipinski definition) is 2. The van der Waals surface area contributed by atoms with Crippen LogP contribution in [0.3, 0.4) is 0 Å². The molecule has 0 aliphatic rings. The van der Waals surface area contributed by atoms with Gasteiger partial charge in [-0.05, 0) is 36.5 Å². The first-order valence-electron chi connectivity index (χ1n) is 6.88. The summed E-state index contributed by atoms with van der Waals surface area (Å²) in [6.45, 7) is 0.735. The molecule has 0 radical (unpaired) electrons. The molecule has 2 N–H and O–H groups in total. The van der Waals surface area contributed by atoms with Gasteiger partial charge in [0.25, 0.3) is 0 Å². The third-order valence-corrected chi connectivity index (χ3v) is 3.41. The van der Waals surface area contributed by atoms with Crippen LogP contribution in [-0.4, -0.2) is 11.7 Å². The lowest BCUT2D eigenvalue weighted by atomic mass is 10.2. The molecule has 4 heteroatoms. The summed E-state index contributed by atoms with van der Waals surface area (Å²) < 4.78 is 5.76. The lowest BCUT2D eigenvalue weighted by molar-refractivity contribution is 0.546. The van der Waals surface area contributed by atoms with Crippen molar-refractivity contribution in [1.82, 2.24) is 5.32 Å². The minimum absolute atomic E-state index is 0.623. The molecule has 0 atom stereocenters. The Labute approximate surface area is 129 Å². The average molecular weight is 296 g/mol. The first-order chi connectivity index (χ1) is 10.3. The second-order valence-electron chi connectivity index (χ2n) is 4.75. The number of thiocarbonyl (C=S) groups is 1. The maximum absolute atomic E-state index is 5.76. The predicted molar refractivity (Wildman–Crippen MR) is 90.6 cm³/mol. The molecule has 106 valence electrons. The van der Waals surface area contributed by atoms with Gasteiger partial charge in [0.05, 0.1) is 0 Å². The van der Waals surface area contributed by atoms with E-state index in [9.17, 15) is 0 Å². The molecule has 3 aromatic rings. The Bertz CT molecular complexity index is 704. The predicted octanol–water partition coefficient (Wildman–Crippen LogP) is 3.96. The number of hydrogen-bond donors (Lipinski definition) is 2. The van der Waals surface area contributed by atoms with Gasteiger partial charge in [0.1, 0.15) is 11.3 Å². The van der Waals surface area contributed by atoms with Crippen molar-refractivity contribution >= 4 is 34.0 Å². The van der Waals surface area contributed by atoms with E-state index in [0.29, 0.717) is 5.11 Å². The van der Waals surface area contributed by atoms with Crippen LogP contribution < -0.4 is 10.6 Å². The van der Waals surface area contributed by atoms with Crippen LogP contribution >= 0.6 is 12.2 Å². The molecule has 0 aliphatic heterocycles. The fourth-order valence-corrected chi connectivity index (χ4v) is 2.38. The summed E-state index contributed by atoms with van der Waals surface area (Å²) in [6, 6.07) is 20.0. The smallest absolute Gasteiger partial charge is 0.170 e. The van der Waals surface area contributed by atoms with Gasteiger partial charge < -0.3 is 15.1 Å². The number of nitrogens with one attached hydrogen (secondary N) is 2. The molecule has 1 aromatic heterocycles. The quantitative estimate of drug-likeness (QED) is 0.715. The molecule has 0 unspecified atom stereocenters. The number of para-hydroxylation sites is 2. The van der Waals surface area contributed by atoms with Crippen LogP contribution in [0, 0.1) is 0 Å². The first-order valence-corrected chi connectivity index (χ1v) is 7.29. The van der Waals surface area contributed by atoms with Crippen LogP contribution in [0.5, 0.6) is 0 Å². The Morgan fingerprint density at radius 1 is 1.00 bits per heavy atom. The molecule has 0 saturated heterocycles. The van der Waals surface area contributed by atoms with Crippen LogP contribution in [0.4, 0.5) is 5.69 Å². The Kier molecular flexibility index (Phi) is 4.17. The average Bonchev–Trinajstić information content (AvgIpc) is 2.91. The molecule has 3 nitrogen and oxygen atoms in total. The maximum atomic E-state index is 5.76. The molecular weight excluding hydrogens is 280 g/mol. The Balaban J connectivity index is 1.50. The van der Waals surface area contributed by atoms with E-state index >= 15 is 0 Å². The van der Waals surface area contributed by atoms with Crippen molar-refractivity contribution in [2.24, 2.45) is 0 Å². The van der Waals surface area contributed by atoms with Crippen LogP contribution in [0.25, 0.3) is 11.0 Å². The number of fused-ring (bicyclic) bond motifs is 1. The fraction of sp³-hybridized carbons (Fsp3) is 0.118. The van der Waals surface area contributed by atoms with Crippen molar-refractivity contribution in [3.8, 4) is 0 Å². The Morgan fingerprint density at radius 2 is 1.76 bits per heavy atom. The second kappa shape index (κ2) is 6.41. The highest BCUT2D eigenvalue weighted by Crippen LogP contribution is 2.18. The van der Waals surface area contributed by atoms with E-state index < -0.39 is 0 Å². The summed E-state index contributed by atoms with van der Waals surface area (Å²) in [6.07, 6.45) is 0.797. The second-order valence-corrected chi connectivity index (χ2v) is 5.16. The monoisotopic (exact) mass is 296 g/mol. The van der Waals surface area contributed by atoms with E-state index in [1.165, 1.54) is 0 Å². The topological polar surface area (TPSA) is 37.2 Å². The summed E-state index contributed by atoms with van der Waals surface area (Å²) in [7, 11) is 0. The maximum Gasteiger partial charge on any atom is 0.170 e. The van der Waals surface area contributed by atoms with Gasteiger partial charge in [0, 0.05) is 24.0 Å². The SMILES string of the molecule is S=C(NCCc1cc2ccccc2o1)Nc1ccccc1. The molecule has 0 spiro atoms. The fourth-order valence-electron chi connectivity index (χ4n) is 2.16. The summed E-state index contributed by atoms with van der Waals surface area (Å²) in [5.74, 6) is 0.964. The highest BCUT2D eigenvalue weighted by molar-refractivity contribution is 7.80. The molecular formula is C17H16N2OS. The van der Waals surface area contributed by atoms with E-state index in [0.717, 1.165) is 35.4 Å². The number of anilines is 1. The van der Waals surface area contributed by atoms with Crippen LogP contribution in [0.1, 0.15) is 5.76 Å². The van der Waals surface area contributed by atoms with Gasteiger partial charge in [-0.1, -0.05) is 36.4 Å². The molecule has 0 saturated carbocycles. The minimum Gasteiger partial charge on any atom is -0.461 e. The van der Waals surface area contributed by atoms with Gasteiger partial charge in [0.2, 0.25) is 0 Å². The third kappa shape index (κ3) is 3.61. The Hall–Kier alpha value is -2.33. The molecule has 21 heavy (non-hydrogen) atoms. The van der Waals surface area contributed by atoms with E-state index in [4.69, 9.17) is 16.6 Å². The lowest BCUT2D eigenvalue weighted by Crippen LogP contribution is -2.30.